The maximum atomic E-state index is 12.1. The second-order valence-electron chi connectivity index (χ2n) is 20.5. The first kappa shape index (κ1) is 71.6. The Morgan fingerprint density at radius 1 is 0.840 bits per heavy atom. The number of esters is 1. The molecule has 0 spiro atoms. The molecule has 13 nitrogen and oxygen atoms in total. The lowest BCUT2D eigenvalue weighted by Crippen LogP contribution is -2.43. The first-order chi connectivity index (χ1) is 35.8. The summed E-state index contributed by atoms with van der Waals surface area (Å²) in [5, 5.41) is 46.8. The number of nitrogens with zero attached hydrogens (tertiary/aromatic N) is 2. The Morgan fingerprint density at radius 3 is 2.08 bits per heavy atom. The maximum absolute atomic E-state index is 12.1. The summed E-state index contributed by atoms with van der Waals surface area (Å²) < 4.78 is 27.7. The molecule has 0 amide bonds. The molecule has 434 valence electrons. The van der Waals surface area contributed by atoms with Gasteiger partial charge in [0.2, 0.25) is 0 Å². The van der Waals surface area contributed by atoms with Crippen molar-refractivity contribution in [3.8, 4) is 5.75 Å². The van der Waals surface area contributed by atoms with Crippen molar-refractivity contribution in [2.24, 2.45) is 29.6 Å². The van der Waals surface area contributed by atoms with Crippen LogP contribution in [0.1, 0.15) is 166 Å². The lowest BCUT2D eigenvalue weighted by molar-refractivity contribution is -0.173. The Morgan fingerprint density at radius 2 is 1.49 bits per heavy atom. The number of hydrogen-bond donors (Lipinski definition) is 5. The number of allylic oxidation sites excluding steroid dienone is 3. The molecule has 75 heavy (non-hydrogen) atoms. The molecule has 4 aliphatic heterocycles. The third kappa shape index (κ3) is 25.3. The molecule has 0 aliphatic carbocycles. The molecular weight excluding hydrogens is 949 g/mol. The molecule has 0 bridgehead atoms. The third-order valence-corrected chi connectivity index (χ3v) is 14.7. The molecule has 13 heteroatoms. The predicted molar refractivity (Wildman–Crippen MR) is 310 cm³/mol. The Labute approximate surface area is 456 Å². The van der Waals surface area contributed by atoms with Crippen LogP contribution in [0.2, 0.25) is 0 Å². The van der Waals surface area contributed by atoms with E-state index in [1.807, 2.05) is 48.5 Å². The molecule has 13 atom stereocenters. The number of fused-ring (bicyclic) bond motifs is 1. The van der Waals surface area contributed by atoms with E-state index in [-0.39, 0.29) is 42.5 Å². The highest BCUT2D eigenvalue weighted by Crippen LogP contribution is 2.35. The summed E-state index contributed by atoms with van der Waals surface area (Å²) in [5.41, 5.74) is 5.06. The fourth-order valence-corrected chi connectivity index (χ4v) is 10.3. The van der Waals surface area contributed by atoms with Gasteiger partial charge in [0.05, 0.1) is 43.0 Å². The minimum absolute atomic E-state index is 0.0761. The van der Waals surface area contributed by atoms with Gasteiger partial charge in [-0.05, 0) is 151 Å². The van der Waals surface area contributed by atoms with Crippen molar-refractivity contribution < 1.29 is 54.0 Å². The number of aliphatic hydroxyl groups is 5. The SMILES string of the molecule is C/C=C\C1=C(C)N(C(C)c2ccc3ccc(OCCCN(C)C4CC(C)OC(O)C4)cc3c2)CC1.C=C1C(C)C(O)C(O)COC(=O)C(C)C[C@H](C)CC(OC)C[C@H]1C.CC.CC.CC1CCOC(C)C1.CO.CO. The van der Waals surface area contributed by atoms with Gasteiger partial charge < -0.3 is 59.0 Å². The number of methoxy groups -OCH3 is 1. The molecule has 3 saturated heterocycles. The highest BCUT2D eigenvalue weighted by molar-refractivity contribution is 5.84. The van der Waals surface area contributed by atoms with Crippen LogP contribution < -0.4 is 4.74 Å². The average molecular weight is 1060 g/mol. The van der Waals surface area contributed by atoms with E-state index in [1.54, 1.807) is 7.11 Å². The number of ether oxygens (including phenoxy) is 5. The van der Waals surface area contributed by atoms with Gasteiger partial charge in [-0.1, -0.05) is 105 Å². The van der Waals surface area contributed by atoms with Crippen LogP contribution >= 0.6 is 0 Å². The van der Waals surface area contributed by atoms with Gasteiger partial charge in [0.25, 0.3) is 0 Å². The van der Waals surface area contributed by atoms with E-state index in [4.69, 9.17) is 33.9 Å². The Bertz CT molecular complexity index is 1870. The van der Waals surface area contributed by atoms with Crippen LogP contribution in [0.5, 0.6) is 5.75 Å². The van der Waals surface area contributed by atoms with E-state index < -0.39 is 18.5 Å². The van der Waals surface area contributed by atoms with E-state index in [9.17, 15) is 20.1 Å². The first-order valence-electron chi connectivity index (χ1n) is 28.4. The molecule has 0 aromatic heterocycles. The molecule has 4 heterocycles. The summed E-state index contributed by atoms with van der Waals surface area (Å²) in [5.74, 6) is 1.44. The van der Waals surface area contributed by atoms with Crippen LogP contribution in [0.25, 0.3) is 10.8 Å². The van der Waals surface area contributed by atoms with Crippen LogP contribution in [0.3, 0.4) is 0 Å². The molecule has 4 aliphatic rings. The second-order valence-corrected chi connectivity index (χ2v) is 20.5. The molecule has 3 fully saturated rings. The zero-order chi connectivity index (χ0) is 57.4. The quantitative estimate of drug-likeness (QED) is 0.0866. The summed E-state index contributed by atoms with van der Waals surface area (Å²) in [6.45, 7) is 36.6. The highest BCUT2D eigenvalue weighted by Gasteiger charge is 2.32. The summed E-state index contributed by atoms with van der Waals surface area (Å²) >= 11 is 0. The van der Waals surface area contributed by atoms with Crippen molar-refractivity contribution in [2.45, 2.75) is 204 Å². The zero-order valence-corrected chi connectivity index (χ0v) is 50.3. The van der Waals surface area contributed by atoms with Gasteiger partial charge in [-0.15, -0.1) is 0 Å². The fraction of sp³-hybridized carbons (Fsp3) is 0.726. The van der Waals surface area contributed by atoms with Crippen LogP contribution in [-0.2, 0) is 23.7 Å². The van der Waals surface area contributed by atoms with Gasteiger partial charge in [0, 0.05) is 65.1 Å². The number of cyclic esters (lactones) is 1. The van der Waals surface area contributed by atoms with E-state index >= 15 is 0 Å². The third-order valence-electron chi connectivity index (χ3n) is 14.7. The van der Waals surface area contributed by atoms with Crippen molar-refractivity contribution in [3.05, 3.63) is 77.5 Å². The summed E-state index contributed by atoms with van der Waals surface area (Å²) in [4.78, 5) is 16.9. The topological polar surface area (TPSA) is 171 Å². The van der Waals surface area contributed by atoms with E-state index in [0.29, 0.717) is 43.6 Å². The standard InChI is InChI=1S/C30H42N2O3.C19H34O5.C7H14O.2C2H6.2CH4O/c1-6-8-24-13-15-32(22(24)3)23(4)26-10-9-25-11-12-29(19-27(25)18-26)34-16-7-14-31(5)28-17-21(2)35-30(33)20-28;1-11-7-13(3)19(22)24-10-17(20)18(21)15(5)14(4)12(2)9-16(8-11)23-6;1-6-3-4-8-7(2)5-6;4*1-2/h6,8-12,18-19,21,23,28,30,33H,7,13-17,20H2,1-5H3;11-13,15-18,20-21H,4,7-10H2,1-3,5-6H3;6-7H,3-5H2,1-2H3;2*1-2H3;2*2H,1H3/b8-6-;;;;;;/t;11-,12+,13?,15?,16?,17?,18?;;;;;/m.0...../s1. The Hall–Kier alpha value is -3.37. The predicted octanol–water partition coefficient (Wildman–Crippen LogP) is 11.7. The van der Waals surface area contributed by atoms with Crippen molar-refractivity contribution in [2.75, 3.05) is 61.3 Å². The van der Waals surface area contributed by atoms with Crippen LogP contribution in [0, 0.1) is 29.6 Å². The molecule has 2 aromatic rings. The van der Waals surface area contributed by atoms with Crippen molar-refractivity contribution in [1.29, 1.82) is 0 Å². The largest absolute Gasteiger partial charge is 0.494 e. The molecule has 0 saturated carbocycles. The van der Waals surface area contributed by atoms with Crippen LogP contribution in [0.15, 0.2) is 72.0 Å². The number of aliphatic hydroxyl groups excluding tert-OH is 5. The van der Waals surface area contributed by atoms with Gasteiger partial charge in [0.1, 0.15) is 18.5 Å². The van der Waals surface area contributed by atoms with Gasteiger partial charge in [-0.25, -0.2) is 0 Å². The zero-order valence-electron chi connectivity index (χ0n) is 50.3. The van der Waals surface area contributed by atoms with E-state index in [2.05, 4.69) is 120 Å². The first-order valence-corrected chi connectivity index (χ1v) is 28.4. The summed E-state index contributed by atoms with van der Waals surface area (Å²) in [6.07, 6.45) is 10.9. The lowest BCUT2D eigenvalue weighted by Gasteiger charge is -2.36. The number of carbonyl (C=O) groups excluding carboxylic acids is 1. The molecule has 6 rings (SSSR count). The van der Waals surface area contributed by atoms with Gasteiger partial charge in [0.15, 0.2) is 6.29 Å². The van der Waals surface area contributed by atoms with Crippen molar-refractivity contribution in [3.63, 3.8) is 0 Å². The van der Waals surface area contributed by atoms with Gasteiger partial charge >= 0.3 is 5.97 Å². The maximum Gasteiger partial charge on any atom is 0.308 e. The molecule has 0 radical (unpaired) electrons. The van der Waals surface area contributed by atoms with Crippen molar-refractivity contribution >= 4 is 16.7 Å². The lowest BCUT2D eigenvalue weighted by atomic mass is 9.81. The number of hydrogen-bond acceptors (Lipinski definition) is 13. The Kier molecular flexibility index (Phi) is 38.1. The fourth-order valence-electron chi connectivity index (χ4n) is 10.3. The second kappa shape index (κ2) is 39.9. The van der Waals surface area contributed by atoms with E-state index in [1.165, 1.54) is 40.4 Å². The van der Waals surface area contributed by atoms with E-state index in [0.717, 1.165) is 83.3 Å². The molecule has 5 N–H and O–H groups in total. The molecular formula is C62H110N2O11. The minimum Gasteiger partial charge on any atom is -0.494 e. The number of carbonyl (C=O) groups is 1. The van der Waals surface area contributed by atoms with Gasteiger partial charge in [-0.3, -0.25) is 4.79 Å². The van der Waals surface area contributed by atoms with Crippen molar-refractivity contribution in [1.82, 2.24) is 9.80 Å². The summed E-state index contributed by atoms with van der Waals surface area (Å²) in [6, 6.07) is 13.9. The molecule has 11 unspecified atom stereocenters. The average Bonchev–Trinajstić information content (AvgIpc) is 3.78. The monoisotopic (exact) mass is 1060 g/mol. The smallest absolute Gasteiger partial charge is 0.308 e. The molecule has 2 aromatic carbocycles. The number of benzene rings is 2. The van der Waals surface area contributed by atoms with Gasteiger partial charge in [-0.2, -0.15) is 0 Å². The minimum atomic E-state index is -1.11. The van der Waals surface area contributed by atoms with Crippen LogP contribution in [0.4, 0.5) is 0 Å². The number of rotatable bonds is 10. The summed E-state index contributed by atoms with van der Waals surface area (Å²) in [7, 11) is 5.84. The van der Waals surface area contributed by atoms with Crippen LogP contribution in [-0.4, -0.2) is 145 Å². The normalized spacial score (nSPS) is 28.9. The highest BCUT2D eigenvalue weighted by atomic mass is 16.6. The Balaban J connectivity index is 0.00000118.